The number of carbonyl (C=O) groups is 1. The van der Waals surface area contributed by atoms with Gasteiger partial charge in [-0.3, -0.25) is 9.69 Å². The molecule has 1 heterocycles. The van der Waals surface area contributed by atoms with E-state index in [-0.39, 0.29) is 12.5 Å². The van der Waals surface area contributed by atoms with Gasteiger partial charge in [0.2, 0.25) is 0 Å². The number of rotatable bonds is 4. The van der Waals surface area contributed by atoms with Gasteiger partial charge in [-0.2, -0.15) is 0 Å². The van der Waals surface area contributed by atoms with Crippen LogP contribution in [0.5, 0.6) is 0 Å². The summed E-state index contributed by atoms with van der Waals surface area (Å²) in [4.78, 5) is 13.3. The minimum absolute atomic E-state index is 0.182. The Kier molecular flexibility index (Phi) is 4.40. The van der Waals surface area contributed by atoms with Gasteiger partial charge in [-0.15, -0.1) is 0 Å². The van der Waals surface area contributed by atoms with Crippen molar-refractivity contribution in [3.8, 4) is 0 Å². The van der Waals surface area contributed by atoms with Gasteiger partial charge in [0.15, 0.2) is 0 Å². The third-order valence-electron chi connectivity index (χ3n) is 4.13. The maximum absolute atomic E-state index is 10.9. The molecule has 1 saturated carbocycles. The van der Waals surface area contributed by atoms with Crippen LogP contribution in [-0.2, 0) is 9.53 Å². The number of morpholine rings is 1. The fourth-order valence-corrected chi connectivity index (χ4v) is 3.28. The highest BCUT2D eigenvalue weighted by Crippen LogP contribution is 2.30. The maximum atomic E-state index is 10.9. The first-order valence-electron chi connectivity index (χ1n) is 6.81. The molecule has 2 aliphatic rings. The number of aliphatic carboxylic acids is 1. The molecule has 1 N–H and O–H groups in total. The summed E-state index contributed by atoms with van der Waals surface area (Å²) < 4.78 is 5.82. The molecule has 0 aromatic carbocycles. The molecule has 4 nitrogen and oxygen atoms in total. The second-order valence-corrected chi connectivity index (χ2v) is 5.16. The topological polar surface area (TPSA) is 49.8 Å². The van der Waals surface area contributed by atoms with E-state index in [1.165, 1.54) is 19.3 Å². The van der Waals surface area contributed by atoms with Crippen molar-refractivity contribution in [1.82, 2.24) is 4.90 Å². The quantitative estimate of drug-likeness (QED) is 0.816. The number of nitrogens with zero attached hydrogens (tertiary/aromatic N) is 1. The van der Waals surface area contributed by atoms with Gasteiger partial charge in [0.1, 0.15) is 0 Å². The first-order chi connectivity index (χ1) is 8.22. The molecule has 0 spiro atoms. The lowest BCUT2D eigenvalue weighted by Gasteiger charge is -2.47. The first-order valence-corrected chi connectivity index (χ1v) is 6.81. The SMILES string of the molecule is CCC(CC(=O)O)N1CCOC2CCCCC21. The van der Waals surface area contributed by atoms with Crippen molar-refractivity contribution in [3.05, 3.63) is 0 Å². The van der Waals surface area contributed by atoms with E-state index in [9.17, 15) is 4.79 Å². The molecule has 1 aliphatic heterocycles. The minimum atomic E-state index is -0.685. The summed E-state index contributed by atoms with van der Waals surface area (Å²) in [5, 5.41) is 8.98. The average Bonchev–Trinajstić information content (AvgIpc) is 2.35. The van der Waals surface area contributed by atoms with Crippen LogP contribution in [0.1, 0.15) is 45.4 Å². The summed E-state index contributed by atoms with van der Waals surface area (Å²) in [5.74, 6) is -0.685. The van der Waals surface area contributed by atoms with Crippen LogP contribution in [-0.4, -0.2) is 47.3 Å². The van der Waals surface area contributed by atoms with Crippen molar-refractivity contribution in [1.29, 1.82) is 0 Å². The van der Waals surface area contributed by atoms with Crippen LogP contribution < -0.4 is 0 Å². The van der Waals surface area contributed by atoms with Crippen molar-refractivity contribution in [2.75, 3.05) is 13.2 Å². The normalized spacial score (nSPS) is 31.8. The van der Waals surface area contributed by atoms with Crippen molar-refractivity contribution >= 4 is 5.97 Å². The predicted octanol–water partition coefficient (Wildman–Crippen LogP) is 1.88. The van der Waals surface area contributed by atoms with E-state index < -0.39 is 5.97 Å². The molecule has 1 aliphatic carbocycles. The number of hydrogen-bond acceptors (Lipinski definition) is 3. The van der Waals surface area contributed by atoms with Crippen molar-refractivity contribution in [3.63, 3.8) is 0 Å². The molecule has 0 amide bonds. The molecular weight excluding hydrogens is 218 g/mol. The Hall–Kier alpha value is -0.610. The molecule has 0 radical (unpaired) electrons. The molecule has 2 fully saturated rings. The van der Waals surface area contributed by atoms with Gasteiger partial charge in [-0.05, 0) is 19.3 Å². The van der Waals surface area contributed by atoms with E-state index in [4.69, 9.17) is 9.84 Å². The summed E-state index contributed by atoms with van der Waals surface area (Å²) in [6.45, 7) is 3.74. The van der Waals surface area contributed by atoms with E-state index in [0.717, 1.165) is 26.0 Å². The van der Waals surface area contributed by atoms with E-state index >= 15 is 0 Å². The number of fused-ring (bicyclic) bond motifs is 1. The summed E-state index contributed by atoms with van der Waals surface area (Å²) in [6, 6.07) is 0.642. The molecular formula is C13H23NO3. The average molecular weight is 241 g/mol. The van der Waals surface area contributed by atoms with Gasteiger partial charge in [0.25, 0.3) is 0 Å². The van der Waals surface area contributed by atoms with E-state index in [1.54, 1.807) is 0 Å². The van der Waals surface area contributed by atoms with Crippen molar-refractivity contribution < 1.29 is 14.6 Å². The molecule has 2 rings (SSSR count). The summed E-state index contributed by atoms with van der Waals surface area (Å²) in [7, 11) is 0. The molecule has 0 bridgehead atoms. The fraction of sp³-hybridized carbons (Fsp3) is 0.923. The molecule has 3 unspecified atom stereocenters. The standard InChI is InChI=1S/C13H23NO3/c1-2-10(9-13(15)16)14-7-8-17-12-6-4-3-5-11(12)14/h10-12H,2-9H2,1H3,(H,15,16). The van der Waals surface area contributed by atoms with Crippen LogP contribution in [0.25, 0.3) is 0 Å². The molecule has 3 atom stereocenters. The smallest absolute Gasteiger partial charge is 0.304 e. The lowest BCUT2D eigenvalue weighted by atomic mass is 9.88. The van der Waals surface area contributed by atoms with Crippen LogP contribution in [0.4, 0.5) is 0 Å². The molecule has 1 saturated heterocycles. The lowest BCUT2D eigenvalue weighted by molar-refractivity contribution is -0.142. The van der Waals surface area contributed by atoms with Crippen LogP contribution in [0.15, 0.2) is 0 Å². The number of hydrogen-bond donors (Lipinski definition) is 1. The first kappa shape index (κ1) is 12.8. The second kappa shape index (κ2) is 5.83. The van der Waals surface area contributed by atoms with Gasteiger partial charge in [0.05, 0.1) is 19.1 Å². The summed E-state index contributed by atoms with van der Waals surface area (Å²) in [5.41, 5.74) is 0. The zero-order valence-electron chi connectivity index (χ0n) is 10.6. The second-order valence-electron chi connectivity index (χ2n) is 5.16. The van der Waals surface area contributed by atoms with Crippen molar-refractivity contribution in [2.24, 2.45) is 0 Å². The zero-order valence-corrected chi connectivity index (χ0v) is 10.6. The predicted molar refractivity (Wildman–Crippen MR) is 65.0 cm³/mol. The number of ether oxygens (including phenoxy) is 1. The molecule has 0 aromatic rings. The zero-order chi connectivity index (χ0) is 12.3. The number of carboxylic acid groups (broad SMARTS) is 1. The highest BCUT2D eigenvalue weighted by atomic mass is 16.5. The van der Waals surface area contributed by atoms with E-state index in [2.05, 4.69) is 11.8 Å². The van der Waals surface area contributed by atoms with E-state index in [1.807, 2.05) is 0 Å². The van der Waals surface area contributed by atoms with Gasteiger partial charge < -0.3 is 9.84 Å². The van der Waals surface area contributed by atoms with Crippen LogP contribution >= 0.6 is 0 Å². The van der Waals surface area contributed by atoms with Gasteiger partial charge in [-0.1, -0.05) is 19.8 Å². The molecule has 17 heavy (non-hydrogen) atoms. The lowest BCUT2D eigenvalue weighted by Crippen LogP contribution is -2.56. The Morgan fingerprint density at radius 3 is 2.94 bits per heavy atom. The Morgan fingerprint density at radius 1 is 1.47 bits per heavy atom. The third-order valence-corrected chi connectivity index (χ3v) is 4.13. The summed E-state index contributed by atoms with van der Waals surface area (Å²) in [6.07, 6.45) is 6.34. The van der Waals surface area contributed by atoms with Gasteiger partial charge >= 0.3 is 5.97 Å². The minimum Gasteiger partial charge on any atom is -0.481 e. The van der Waals surface area contributed by atoms with E-state index in [0.29, 0.717) is 12.1 Å². The summed E-state index contributed by atoms with van der Waals surface area (Å²) >= 11 is 0. The number of carboxylic acids is 1. The maximum Gasteiger partial charge on any atom is 0.304 e. The Balaban J connectivity index is 2.03. The van der Waals surface area contributed by atoms with Crippen molar-refractivity contribution in [2.45, 2.75) is 63.6 Å². The van der Waals surface area contributed by atoms with Crippen LogP contribution in [0.2, 0.25) is 0 Å². The fourth-order valence-electron chi connectivity index (χ4n) is 3.28. The Labute approximate surface area is 103 Å². The largest absolute Gasteiger partial charge is 0.481 e. The van der Waals surface area contributed by atoms with Gasteiger partial charge in [-0.25, -0.2) is 0 Å². The Morgan fingerprint density at radius 2 is 2.24 bits per heavy atom. The highest BCUT2D eigenvalue weighted by molar-refractivity contribution is 5.67. The molecule has 98 valence electrons. The third kappa shape index (κ3) is 2.99. The van der Waals surface area contributed by atoms with Crippen LogP contribution in [0, 0.1) is 0 Å². The molecule has 0 aromatic heterocycles. The van der Waals surface area contributed by atoms with Gasteiger partial charge in [0, 0.05) is 18.6 Å². The Bertz CT molecular complexity index is 267. The molecule has 4 heteroatoms. The highest BCUT2D eigenvalue weighted by Gasteiger charge is 2.37. The monoisotopic (exact) mass is 241 g/mol. The van der Waals surface area contributed by atoms with Crippen LogP contribution in [0.3, 0.4) is 0 Å².